The molecule has 7 heavy (non-hydrogen) atoms. The van der Waals surface area contributed by atoms with E-state index in [0.29, 0.717) is 0 Å². The van der Waals surface area contributed by atoms with E-state index in [4.69, 9.17) is 0 Å². The first-order chi connectivity index (χ1) is 2.89. The van der Waals surface area contributed by atoms with E-state index >= 15 is 0 Å². The first-order valence-corrected chi connectivity index (χ1v) is 1.74. The summed E-state index contributed by atoms with van der Waals surface area (Å²) in [5.41, 5.74) is 0. The van der Waals surface area contributed by atoms with E-state index in [-0.39, 0.29) is 12.4 Å². The molecule has 0 aliphatic carbocycles. The lowest BCUT2D eigenvalue weighted by atomic mass is 10.9. The predicted octanol–water partition coefficient (Wildman–Crippen LogP) is -2.69. The van der Waals surface area contributed by atoms with Crippen molar-refractivity contribution in [3.05, 3.63) is 12.4 Å². The summed E-state index contributed by atoms with van der Waals surface area (Å²) < 4.78 is 0. The van der Waals surface area contributed by atoms with Crippen LogP contribution >= 0.6 is 0 Å². The van der Waals surface area contributed by atoms with Crippen LogP contribution in [0.25, 0.3) is 0 Å². The standard InChI is InChI=1S/C4H5N2.ClH/c1-6-3-2-5-4-6;/h2-3H,1H3;1H/q+1;/p-1. The molecule has 0 saturated carbocycles. The molecule has 0 aromatic heterocycles. The van der Waals surface area contributed by atoms with Crippen LogP contribution in [0.1, 0.15) is 0 Å². The topological polar surface area (TPSA) is 15.6 Å². The summed E-state index contributed by atoms with van der Waals surface area (Å²) in [5, 5.41) is 0. The second kappa shape index (κ2) is 2.56. The van der Waals surface area contributed by atoms with E-state index < -0.39 is 0 Å². The Morgan fingerprint density at radius 3 is 2.57 bits per heavy atom. The fraction of sp³-hybridized carbons (Fsp3) is 0.250. The minimum absolute atomic E-state index is 0. The first-order valence-electron chi connectivity index (χ1n) is 1.74. The van der Waals surface area contributed by atoms with Crippen molar-refractivity contribution >= 4 is 6.34 Å². The molecule has 0 amide bonds. The van der Waals surface area contributed by atoms with Gasteiger partial charge in [-0.3, -0.25) is 0 Å². The molecule has 1 rings (SSSR count). The highest BCUT2D eigenvalue weighted by Gasteiger charge is 1.99. The smallest absolute Gasteiger partial charge is 0.255 e. The molecule has 0 spiro atoms. The molecule has 3 heteroatoms. The monoisotopic (exact) mass is 116 g/mol. The Morgan fingerprint density at radius 1 is 1.71 bits per heavy atom. The molecule has 0 atom stereocenters. The highest BCUT2D eigenvalue weighted by molar-refractivity contribution is 5.59. The zero-order valence-electron chi connectivity index (χ0n) is 3.93. The number of nitrogens with zero attached hydrogens (tertiary/aromatic N) is 2. The molecule has 0 saturated heterocycles. The van der Waals surface area contributed by atoms with Crippen LogP contribution in [0.15, 0.2) is 17.4 Å². The van der Waals surface area contributed by atoms with Gasteiger partial charge in [-0.15, -0.1) is 0 Å². The van der Waals surface area contributed by atoms with Gasteiger partial charge in [-0.25, -0.2) is 0 Å². The molecule has 1 aliphatic rings. The van der Waals surface area contributed by atoms with Crippen LogP contribution in [-0.2, 0) is 0 Å². The molecule has 0 bridgehead atoms. The molecular formula is C4H5ClN2. The summed E-state index contributed by atoms with van der Waals surface area (Å²) in [6.45, 7) is 0. The van der Waals surface area contributed by atoms with Gasteiger partial charge in [-0.05, 0) is 4.99 Å². The predicted molar refractivity (Wildman–Crippen MR) is 24.3 cm³/mol. The SMILES string of the molecule is CN1[C+]=NC=C1.[Cl-]. The third kappa shape index (κ3) is 1.53. The van der Waals surface area contributed by atoms with Crippen molar-refractivity contribution in [3.63, 3.8) is 0 Å². The third-order valence-electron chi connectivity index (χ3n) is 0.580. The van der Waals surface area contributed by atoms with E-state index in [0.717, 1.165) is 0 Å². The highest BCUT2D eigenvalue weighted by Crippen LogP contribution is 1.87. The number of rotatable bonds is 0. The molecule has 0 radical (unpaired) electrons. The van der Waals surface area contributed by atoms with E-state index in [1.165, 1.54) is 0 Å². The lowest BCUT2D eigenvalue weighted by Crippen LogP contribution is -3.00. The van der Waals surface area contributed by atoms with Crippen LogP contribution in [0.2, 0.25) is 0 Å². The van der Waals surface area contributed by atoms with E-state index in [2.05, 4.69) is 11.3 Å². The summed E-state index contributed by atoms with van der Waals surface area (Å²) in [5.74, 6) is 0. The Bertz CT molecular complexity index is 85.9. The van der Waals surface area contributed by atoms with Crippen LogP contribution in [0.4, 0.5) is 0 Å². The van der Waals surface area contributed by atoms with Crippen LogP contribution in [-0.4, -0.2) is 18.3 Å². The number of hydrogen-bond acceptors (Lipinski definition) is 2. The number of hydrogen-bond donors (Lipinski definition) is 0. The van der Waals surface area contributed by atoms with Crippen molar-refractivity contribution in [1.82, 2.24) is 4.90 Å². The fourth-order valence-electron chi connectivity index (χ4n) is 0.291. The van der Waals surface area contributed by atoms with Gasteiger partial charge in [-0.2, -0.15) is 4.90 Å². The van der Waals surface area contributed by atoms with Crippen LogP contribution in [0.5, 0.6) is 0 Å². The van der Waals surface area contributed by atoms with Gasteiger partial charge in [0.15, 0.2) is 6.20 Å². The summed E-state index contributed by atoms with van der Waals surface area (Å²) in [7, 11) is 1.88. The second-order valence-electron chi connectivity index (χ2n) is 1.14. The van der Waals surface area contributed by atoms with Gasteiger partial charge in [0.1, 0.15) is 0 Å². The maximum absolute atomic E-state index is 3.66. The summed E-state index contributed by atoms with van der Waals surface area (Å²) in [6, 6.07) is 0. The quantitative estimate of drug-likeness (QED) is 0.315. The Balaban J connectivity index is 0.000000360. The molecule has 0 fully saturated rings. The Kier molecular flexibility index (Phi) is 2.34. The van der Waals surface area contributed by atoms with Gasteiger partial charge in [0.25, 0.3) is 6.34 Å². The highest BCUT2D eigenvalue weighted by atomic mass is 35.5. The Labute approximate surface area is 48.9 Å². The molecule has 0 unspecified atom stereocenters. The van der Waals surface area contributed by atoms with Gasteiger partial charge >= 0.3 is 0 Å². The van der Waals surface area contributed by atoms with E-state index in [1.807, 2.05) is 13.2 Å². The molecule has 1 aliphatic heterocycles. The minimum Gasteiger partial charge on any atom is -1.00 e. The molecular weight excluding hydrogens is 112 g/mol. The zero-order chi connectivity index (χ0) is 4.41. The van der Waals surface area contributed by atoms with Crippen LogP contribution in [0.3, 0.4) is 0 Å². The number of aliphatic imine (C=N–C) groups is 1. The van der Waals surface area contributed by atoms with Crippen LogP contribution in [0, 0.1) is 0 Å². The average molecular weight is 117 g/mol. The largest absolute Gasteiger partial charge is 1.00 e. The fourth-order valence-corrected chi connectivity index (χ4v) is 0.291. The van der Waals surface area contributed by atoms with Crippen molar-refractivity contribution in [2.24, 2.45) is 4.99 Å². The van der Waals surface area contributed by atoms with Crippen molar-refractivity contribution in [3.8, 4) is 0 Å². The molecule has 0 aromatic rings. The maximum atomic E-state index is 3.66. The molecule has 38 valence electrons. The second-order valence-corrected chi connectivity index (χ2v) is 1.14. The van der Waals surface area contributed by atoms with Crippen molar-refractivity contribution in [1.29, 1.82) is 0 Å². The van der Waals surface area contributed by atoms with Gasteiger partial charge in [0.05, 0.1) is 0 Å². The minimum atomic E-state index is 0. The van der Waals surface area contributed by atoms with Gasteiger partial charge < -0.3 is 12.4 Å². The average Bonchev–Trinajstić information content (AvgIpc) is 1.86. The number of halogens is 1. The van der Waals surface area contributed by atoms with Gasteiger partial charge in [-0.1, -0.05) is 0 Å². The van der Waals surface area contributed by atoms with Gasteiger partial charge in [0, 0.05) is 7.05 Å². The summed E-state index contributed by atoms with van der Waals surface area (Å²) in [4.78, 5) is 5.42. The Hall–Kier alpha value is -0.590. The molecule has 2 nitrogen and oxygen atoms in total. The molecule has 0 aromatic carbocycles. The third-order valence-corrected chi connectivity index (χ3v) is 0.580. The Morgan fingerprint density at radius 2 is 2.43 bits per heavy atom. The molecule has 0 N–H and O–H groups in total. The van der Waals surface area contributed by atoms with Crippen LogP contribution < -0.4 is 12.4 Å². The maximum Gasteiger partial charge on any atom is 0.255 e. The van der Waals surface area contributed by atoms with Crippen molar-refractivity contribution < 1.29 is 12.4 Å². The lowest BCUT2D eigenvalue weighted by molar-refractivity contribution is -0.00000128. The van der Waals surface area contributed by atoms with E-state index in [9.17, 15) is 0 Å². The molecule has 1 heterocycles. The van der Waals surface area contributed by atoms with Crippen molar-refractivity contribution in [2.45, 2.75) is 0 Å². The normalized spacial score (nSPS) is 13.6. The first kappa shape index (κ1) is 6.41. The zero-order valence-corrected chi connectivity index (χ0v) is 4.68. The van der Waals surface area contributed by atoms with Gasteiger partial charge in [0.2, 0.25) is 6.20 Å². The van der Waals surface area contributed by atoms with E-state index in [1.54, 1.807) is 11.1 Å². The summed E-state index contributed by atoms with van der Waals surface area (Å²) >= 11 is 0. The lowest BCUT2D eigenvalue weighted by Gasteiger charge is -1.80. The van der Waals surface area contributed by atoms with Crippen molar-refractivity contribution in [2.75, 3.05) is 7.05 Å². The summed E-state index contributed by atoms with van der Waals surface area (Å²) in [6.07, 6.45) is 6.19.